The quantitative estimate of drug-likeness (QED) is 0.574. The number of ether oxygens (including phenoxy) is 1. The van der Waals surface area contributed by atoms with E-state index in [0.717, 1.165) is 29.7 Å². The van der Waals surface area contributed by atoms with Gasteiger partial charge < -0.3 is 14.3 Å². The second-order valence-electron chi connectivity index (χ2n) is 8.42. The predicted octanol–water partition coefficient (Wildman–Crippen LogP) is 5.17. The van der Waals surface area contributed by atoms with Gasteiger partial charge >= 0.3 is 0 Å². The van der Waals surface area contributed by atoms with Crippen LogP contribution in [0.2, 0.25) is 0 Å². The Bertz CT molecular complexity index is 1160. The smallest absolute Gasteiger partial charge is 0.166 e. The van der Waals surface area contributed by atoms with Crippen molar-refractivity contribution in [2.24, 2.45) is 17.8 Å². The molecule has 5 rings (SSSR count). The van der Waals surface area contributed by atoms with Gasteiger partial charge in [0.1, 0.15) is 17.1 Å². The Morgan fingerprint density at radius 2 is 1.87 bits per heavy atom. The van der Waals surface area contributed by atoms with Gasteiger partial charge in [-0.05, 0) is 54.5 Å². The lowest BCUT2D eigenvalue weighted by Crippen LogP contribution is -2.07. The third kappa shape index (κ3) is 3.05. The molecule has 1 unspecified atom stereocenters. The number of hydrogen-bond donors (Lipinski definition) is 1. The van der Waals surface area contributed by atoms with Crippen molar-refractivity contribution in [2.45, 2.75) is 26.7 Å². The third-order valence-corrected chi connectivity index (χ3v) is 6.59. The highest BCUT2D eigenvalue weighted by Crippen LogP contribution is 2.53. The average Bonchev–Trinajstić information content (AvgIpc) is 3.07. The number of benzene rings is 2. The van der Waals surface area contributed by atoms with Gasteiger partial charge in [0.2, 0.25) is 0 Å². The molecule has 1 aromatic heterocycles. The molecular formula is C25H24O5. The van der Waals surface area contributed by atoms with Crippen molar-refractivity contribution in [3.63, 3.8) is 0 Å². The molecule has 3 aromatic rings. The highest BCUT2D eigenvalue weighted by molar-refractivity contribution is 6.13. The monoisotopic (exact) mass is 404 g/mol. The van der Waals surface area contributed by atoms with E-state index < -0.39 is 0 Å². The van der Waals surface area contributed by atoms with Gasteiger partial charge in [-0.1, -0.05) is 19.1 Å². The first kappa shape index (κ1) is 19.1. The summed E-state index contributed by atoms with van der Waals surface area (Å²) >= 11 is 0. The number of aryl methyl sites for hydroxylation is 1. The van der Waals surface area contributed by atoms with Crippen LogP contribution in [0.3, 0.4) is 0 Å². The van der Waals surface area contributed by atoms with Crippen LogP contribution in [-0.4, -0.2) is 29.9 Å². The molecular weight excluding hydrogens is 380 g/mol. The maximum absolute atomic E-state index is 13.1. The van der Waals surface area contributed by atoms with E-state index >= 15 is 0 Å². The van der Waals surface area contributed by atoms with Crippen LogP contribution >= 0.6 is 0 Å². The van der Waals surface area contributed by atoms with Gasteiger partial charge in [0.25, 0.3) is 0 Å². The van der Waals surface area contributed by atoms with Gasteiger partial charge in [0.05, 0.1) is 18.8 Å². The van der Waals surface area contributed by atoms with Gasteiger partial charge in [-0.15, -0.1) is 0 Å². The van der Waals surface area contributed by atoms with Crippen LogP contribution in [0, 0.1) is 24.7 Å². The van der Waals surface area contributed by atoms with E-state index in [4.69, 9.17) is 9.15 Å². The number of ketones is 2. The zero-order valence-corrected chi connectivity index (χ0v) is 17.1. The summed E-state index contributed by atoms with van der Waals surface area (Å²) in [6, 6.07) is 10.5. The van der Waals surface area contributed by atoms with E-state index in [1.165, 1.54) is 0 Å². The molecule has 30 heavy (non-hydrogen) atoms. The molecule has 1 saturated heterocycles. The van der Waals surface area contributed by atoms with E-state index in [-0.39, 0.29) is 17.3 Å². The van der Waals surface area contributed by atoms with Crippen LogP contribution in [0.5, 0.6) is 5.75 Å². The summed E-state index contributed by atoms with van der Waals surface area (Å²) in [6.07, 6.45) is 0.820. The summed E-state index contributed by atoms with van der Waals surface area (Å²) in [6.45, 7) is 5.15. The summed E-state index contributed by atoms with van der Waals surface area (Å²) in [5, 5.41) is 10.7. The predicted molar refractivity (Wildman–Crippen MR) is 113 cm³/mol. The topological polar surface area (TPSA) is 76.7 Å². The maximum Gasteiger partial charge on any atom is 0.166 e. The Morgan fingerprint density at radius 1 is 1.10 bits per heavy atom. The lowest BCUT2D eigenvalue weighted by molar-refractivity contribution is 0.0951. The van der Waals surface area contributed by atoms with E-state index in [2.05, 4.69) is 0 Å². The Morgan fingerprint density at radius 3 is 2.57 bits per heavy atom. The lowest BCUT2D eigenvalue weighted by Gasteiger charge is -2.08. The summed E-state index contributed by atoms with van der Waals surface area (Å²) in [5.74, 6) is 2.22. The molecule has 5 nitrogen and oxygen atoms in total. The number of phenolic OH excluding ortho intramolecular Hbond substituents is 1. The zero-order chi connectivity index (χ0) is 21.0. The van der Waals surface area contributed by atoms with Crippen molar-refractivity contribution in [3.8, 4) is 16.9 Å². The molecule has 1 aliphatic carbocycles. The number of furan rings is 1. The molecule has 3 atom stereocenters. The molecule has 154 valence electrons. The Kier molecular flexibility index (Phi) is 4.51. The van der Waals surface area contributed by atoms with Crippen LogP contribution in [0.1, 0.15) is 46.2 Å². The normalized spacial score (nSPS) is 22.3. The SMILES string of the molecule is CCC(=O)c1cc(C(=O)CC2[C@H]3COC[C@@H]23)cc2c(-c3cccc(O)c3)c(C)oc12. The number of fused-ring (bicyclic) bond motifs is 2. The van der Waals surface area contributed by atoms with Gasteiger partial charge in [-0.2, -0.15) is 0 Å². The zero-order valence-electron chi connectivity index (χ0n) is 17.1. The average molecular weight is 404 g/mol. The summed E-state index contributed by atoms with van der Waals surface area (Å²) in [7, 11) is 0. The Labute approximate surface area is 174 Å². The molecule has 0 spiro atoms. The van der Waals surface area contributed by atoms with Gasteiger partial charge in [-0.25, -0.2) is 0 Å². The molecule has 2 heterocycles. The molecule has 1 N–H and O–H groups in total. The molecule has 1 aliphatic heterocycles. The number of Topliss-reactive ketones (excluding diaryl/α,β-unsaturated/α-hetero) is 2. The van der Waals surface area contributed by atoms with E-state index in [0.29, 0.717) is 53.1 Å². The fraction of sp³-hybridized carbons (Fsp3) is 0.360. The fourth-order valence-electron chi connectivity index (χ4n) is 4.89. The molecule has 0 radical (unpaired) electrons. The van der Waals surface area contributed by atoms with Gasteiger partial charge in [-0.3, -0.25) is 9.59 Å². The van der Waals surface area contributed by atoms with E-state index in [1.54, 1.807) is 31.2 Å². The number of carbonyl (C=O) groups is 2. The van der Waals surface area contributed by atoms with Crippen LogP contribution in [-0.2, 0) is 4.74 Å². The van der Waals surface area contributed by atoms with Crippen molar-refractivity contribution in [3.05, 3.63) is 53.3 Å². The number of aromatic hydroxyl groups is 1. The minimum absolute atomic E-state index is 0.0532. The first-order valence-electron chi connectivity index (χ1n) is 10.5. The number of carbonyl (C=O) groups excluding carboxylic acids is 2. The van der Waals surface area contributed by atoms with Crippen LogP contribution in [0.4, 0.5) is 0 Å². The van der Waals surface area contributed by atoms with Crippen molar-refractivity contribution >= 4 is 22.5 Å². The highest BCUT2D eigenvalue weighted by Gasteiger charge is 2.54. The molecule has 2 aliphatic rings. The number of hydrogen-bond acceptors (Lipinski definition) is 5. The minimum Gasteiger partial charge on any atom is -0.508 e. The van der Waals surface area contributed by atoms with Crippen molar-refractivity contribution < 1.29 is 23.8 Å². The highest BCUT2D eigenvalue weighted by atomic mass is 16.5. The first-order chi connectivity index (χ1) is 14.5. The number of rotatable bonds is 6. The molecule has 0 bridgehead atoms. The maximum atomic E-state index is 13.1. The Hall–Kier alpha value is -2.92. The standard InChI is InChI=1S/C25H24O5/c1-3-22(27)18-8-15(23(28)10-17-20-11-29-12-21(17)20)9-19-24(13(2)30-25(18)19)14-5-4-6-16(26)7-14/h4-9,17,20-21,26H,3,10-12H2,1-2H3/t17?,20-,21+. The number of phenols is 1. The van der Waals surface area contributed by atoms with Crippen molar-refractivity contribution in [2.75, 3.05) is 13.2 Å². The molecule has 2 fully saturated rings. The second-order valence-corrected chi connectivity index (χ2v) is 8.42. The molecule has 0 amide bonds. The summed E-state index contributed by atoms with van der Waals surface area (Å²) in [4.78, 5) is 25.8. The van der Waals surface area contributed by atoms with Gasteiger partial charge in [0, 0.05) is 29.4 Å². The van der Waals surface area contributed by atoms with Crippen molar-refractivity contribution in [1.82, 2.24) is 0 Å². The fourth-order valence-corrected chi connectivity index (χ4v) is 4.89. The van der Waals surface area contributed by atoms with Crippen molar-refractivity contribution in [1.29, 1.82) is 0 Å². The Balaban J connectivity index is 1.62. The molecule has 1 saturated carbocycles. The molecule has 5 heteroatoms. The van der Waals surface area contributed by atoms with Crippen LogP contribution < -0.4 is 0 Å². The van der Waals surface area contributed by atoms with Crippen LogP contribution in [0.25, 0.3) is 22.1 Å². The van der Waals surface area contributed by atoms with E-state index in [1.807, 2.05) is 19.1 Å². The molecule has 2 aromatic carbocycles. The summed E-state index contributed by atoms with van der Waals surface area (Å²) < 4.78 is 11.4. The summed E-state index contributed by atoms with van der Waals surface area (Å²) in [5.41, 5.74) is 3.10. The lowest BCUT2D eigenvalue weighted by atomic mass is 9.94. The van der Waals surface area contributed by atoms with Gasteiger partial charge in [0.15, 0.2) is 11.6 Å². The minimum atomic E-state index is -0.0532. The van der Waals surface area contributed by atoms with Crippen LogP contribution in [0.15, 0.2) is 40.8 Å². The first-order valence-corrected chi connectivity index (χ1v) is 10.5. The largest absolute Gasteiger partial charge is 0.508 e. The second kappa shape index (κ2) is 7.10. The third-order valence-electron chi connectivity index (χ3n) is 6.59. The van der Waals surface area contributed by atoms with E-state index in [9.17, 15) is 14.7 Å².